The number of morpholine rings is 1. The lowest BCUT2D eigenvalue weighted by molar-refractivity contribution is -0.0305. The first-order valence-corrected chi connectivity index (χ1v) is 10.5. The Morgan fingerprint density at radius 1 is 1.20 bits per heavy atom. The van der Waals surface area contributed by atoms with Crippen molar-refractivity contribution in [3.63, 3.8) is 0 Å². The van der Waals surface area contributed by atoms with Crippen LogP contribution in [0.15, 0.2) is 30.3 Å². The molecule has 4 rings (SSSR count). The Balaban J connectivity index is 0.00000256. The van der Waals surface area contributed by atoms with Crippen molar-refractivity contribution in [1.82, 2.24) is 4.90 Å². The lowest BCUT2D eigenvalue weighted by atomic mass is 9.98. The van der Waals surface area contributed by atoms with Gasteiger partial charge in [0, 0.05) is 19.6 Å². The van der Waals surface area contributed by atoms with Gasteiger partial charge in [-0.3, -0.25) is 4.90 Å². The van der Waals surface area contributed by atoms with Gasteiger partial charge in [0.1, 0.15) is 5.82 Å². The number of carboxylic acids is 1. The number of carboxylic acid groups (broad SMARTS) is 1. The minimum Gasteiger partial charge on any atom is -0.478 e. The molecule has 2 aliphatic rings. The second-order valence-corrected chi connectivity index (χ2v) is 8.61. The van der Waals surface area contributed by atoms with Crippen molar-refractivity contribution in [2.75, 3.05) is 19.7 Å². The summed E-state index contributed by atoms with van der Waals surface area (Å²) >= 11 is 12.1. The molecule has 8 heteroatoms. The van der Waals surface area contributed by atoms with E-state index in [1.165, 1.54) is 12.1 Å². The zero-order valence-electron chi connectivity index (χ0n) is 16.2. The molecule has 162 valence electrons. The second kappa shape index (κ2) is 9.84. The van der Waals surface area contributed by atoms with Gasteiger partial charge in [0.25, 0.3) is 0 Å². The maximum absolute atomic E-state index is 14.3. The summed E-state index contributed by atoms with van der Waals surface area (Å²) in [7, 11) is 0. The highest BCUT2D eigenvalue weighted by molar-refractivity contribution is 6.42. The fraction of sp³-hybridized carbons (Fsp3) is 0.409. The predicted molar refractivity (Wildman–Crippen MR) is 118 cm³/mol. The SMILES string of the molecule is Cl.O=C(O)c1cc(C2CC2)c(CN2CCO[C@H](Cc3ccc(Cl)c(Cl)c3)C2)cc1F. The Morgan fingerprint density at radius 2 is 1.97 bits per heavy atom. The van der Waals surface area contributed by atoms with Gasteiger partial charge in [0.2, 0.25) is 0 Å². The molecule has 4 nitrogen and oxygen atoms in total. The number of benzene rings is 2. The van der Waals surface area contributed by atoms with E-state index in [1.807, 2.05) is 12.1 Å². The van der Waals surface area contributed by atoms with E-state index in [1.54, 1.807) is 6.07 Å². The lowest BCUT2D eigenvalue weighted by Gasteiger charge is -2.33. The molecule has 0 bridgehead atoms. The first-order valence-electron chi connectivity index (χ1n) is 9.74. The van der Waals surface area contributed by atoms with Gasteiger partial charge in [-0.15, -0.1) is 12.4 Å². The van der Waals surface area contributed by atoms with Crippen molar-refractivity contribution < 1.29 is 19.0 Å². The first kappa shape index (κ1) is 23.3. The molecule has 2 aromatic carbocycles. The molecule has 2 aromatic rings. The van der Waals surface area contributed by atoms with E-state index in [2.05, 4.69) is 4.90 Å². The first-order chi connectivity index (χ1) is 13.9. The molecule has 1 heterocycles. The van der Waals surface area contributed by atoms with E-state index in [0.29, 0.717) is 35.7 Å². The summed E-state index contributed by atoms with van der Waals surface area (Å²) in [6.45, 7) is 2.65. The molecule has 0 amide bonds. The smallest absolute Gasteiger partial charge is 0.338 e. The van der Waals surface area contributed by atoms with Gasteiger partial charge in [-0.2, -0.15) is 0 Å². The topological polar surface area (TPSA) is 49.8 Å². The highest BCUT2D eigenvalue weighted by atomic mass is 35.5. The molecule has 1 saturated heterocycles. The van der Waals surface area contributed by atoms with Gasteiger partial charge in [0.05, 0.1) is 28.3 Å². The van der Waals surface area contributed by atoms with Crippen molar-refractivity contribution in [3.05, 3.63) is 68.4 Å². The molecule has 1 aliphatic heterocycles. The third-order valence-electron chi connectivity index (χ3n) is 5.54. The standard InChI is InChI=1S/C22H22Cl2FNO3.ClH/c23-19-4-1-13(8-20(19)24)7-16-12-26(5-6-29-16)11-15-9-21(25)18(22(27)28)10-17(15)14-2-3-14;/h1,4,8-10,14,16H,2-3,5-7,11-12H2,(H,27,28);1H/t16-;/m1./s1. The van der Waals surface area contributed by atoms with Crippen LogP contribution >= 0.6 is 35.6 Å². The van der Waals surface area contributed by atoms with Gasteiger partial charge in [0.15, 0.2) is 0 Å². The Kier molecular flexibility index (Phi) is 7.64. The van der Waals surface area contributed by atoms with Crippen LogP contribution in [0.25, 0.3) is 0 Å². The van der Waals surface area contributed by atoms with Crippen LogP contribution in [0.3, 0.4) is 0 Å². The molecule has 0 aromatic heterocycles. The zero-order valence-corrected chi connectivity index (χ0v) is 18.6. The van der Waals surface area contributed by atoms with Crippen molar-refractivity contribution >= 4 is 41.6 Å². The van der Waals surface area contributed by atoms with E-state index < -0.39 is 11.8 Å². The molecule has 0 radical (unpaired) electrons. The van der Waals surface area contributed by atoms with E-state index in [0.717, 1.165) is 42.5 Å². The van der Waals surface area contributed by atoms with Gasteiger partial charge in [-0.25, -0.2) is 9.18 Å². The number of hydrogen-bond donors (Lipinski definition) is 1. The van der Waals surface area contributed by atoms with E-state index >= 15 is 0 Å². The number of hydrogen-bond acceptors (Lipinski definition) is 3. The molecule has 1 N–H and O–H groups in total. The number of halogens is 4. The molecule has 1 atom stereocenters. The third kappa shape index (κ3) is 5.45. The highest BCUT2D eigenvalue weighted by Crippen LogP contribution is 2.42. The molecule has 2 fully saturated rings. The second-order valence-electron chi connectivity index (χ2n) is 7.79. The van der Waals surface area contributed by atoms with Crippen molar-refractivity contribution in [2.24, 2.45) is 0 Å². The molecular formula is C22H23Cl3FNO3. The Hall–Kier alpha value is -1.37. The van der Waals surface area contributed by atoms with Crippen LogP contribution in [0.4, 0.5) is 4.39 Å². The van der Waals surface area contributed by atoms with Crippen molar-refractivity contribution in [3.8, 4) is 0 Å². The quantitative estimate of drug-likeness (QED) is 0.594. The summed E-state index contributed by atoms with van der Waals surface area (Å²) in [6, 6.07) is 8.52. The fourth-order valence-electron chi connectivity index (χ4n) is 3.92. The molecule has 0 unspecified atom stereocenters. The number of aromatic carboxylic acids is 1. The molecule has 0 spiro atoms. The summed E-state index contributed by atoms with van der Waals surface area (Å²) < 4.78 is 20.2. The Labute approximate surface area is 191 Å². The van der Waals surface area contributed by atoms with Crippen LogP contribution in [0.5, 0.6) is 0 Å². The van der Waals surface area contributed by atoms with Crippen LogP contribution in [0.2, 0.25) is 10.0 Å². The maximum atomic E-state index is 14.3. The molecule has 1 saturated carbocycles. The summed E-state index contributed by atoms with van der Waals surface area (Å²) in [4.78, 5) is 13.5. The van der Waals surface area contributed by atoms with Crippen LogP contribution in [0, 0.1) is 5.82 Å². The summed E-state index contributed by atoms with van der Waals surface area (Å²) in [5.74, 6) is -1.54. The fourth-order valence-corrected chi connectivity index (χ4v) is 4.25. The van der Waals surface area contributed by atoms with Gasteiger partial charge in [-0.1, -0.05) is 29.3 Å². The lowest BCUT2D eigenvalue weighted by Crippen LogP contribution is -2.43. The minimum atomic E-state index is -1.22. The van der Waals surface area contributed by atoms with Gasteiger partial charge < -0.3 is 9.84 Å². The monoisotopic (exact) mass is 473 g/mol. The average Bonchev–Trinajstić information content (AvgIpc) is 3.50. The predicted octanol–water partition coefficient (Wildman–Crippen LogP) is 5.57. The average molecular weight is 475 g/mol. The Bertz CT molecular complexity index is 936. The van der Waals surface area contributed by atoms with Crippen LogP contribution in [-0.4, -0.2) is 41.8 Å². The number of ether oxygens (including phenoxy) is 1. The van der Waals surface area contributed by atoms with Crippen molar-refractivity contribution in [1.29, 1.82) is 0 Å². The molecular weight excluding hydrogens is 452 g/mol. The van der Waals surface area contributed by atoms with E-state index in [9.17, 15) is 14.3 Å². The summed E-state index contributed by atoms with van der Waals surface area (Å²) in [5.41, 5.74) is 2.67. The van der Waals surface area contributed by atoms with Crippen LogP contribution < -0.4 is 0 Å². The molecule has 30 heavy (non-hydrogen) atoms. The number of nitrogens with zero attached hydrogens (tertiary/aromatic N) is 1. The number of carbonyl (C=O) groups is 1. The van der Waals surface area contributed by atoms with Gasteiger partial charge >= 0.3 is 5.97 Å². The van der Waals surface area contributed by atoms with E-state index in [-0.39, 0.29) is 24.1 Å². The van der Waals surface area contributed by atoms with E-state index in [4.69, 9.17) is 27.9 Å². The molecule has 1 aliphatic carbocycles. The number of rotatable bonds is 6. The Morgan fingerprint density at radius 3 is 2.63 bits per heavy atom. The third-order valence-corrected chi connectivity index (χ3v) is 6.28. The minimum absolute atomic E-state index is 0. The normalized spacial score (nSPS) is 19.4. The van der Waals surface area contributed by atoms with Crippen molar-refractivity contribution in [2.45, 2.75) is 37.8 Å². The van der Waals surface area contributed by atoms with Crippen LogP contribution in [0.1, 0.15) is 45.8 Å². The summed E-state index contributed by atoms with van der Waals surface area (Å²) in [6.07, 6.45) is 2.78. The maximum Gasteiger partial charge on any atom is 0.338 e. The van der Waals surface area contributed by atoms with Gasteiger partial charge in [-0.05, 0) is 66.1 Å². The largest absolute Gasteiger partial charge is 0.478 e. The highest BCUT2D eigenvalue weighted by Gasteiger charge is 2.30. The summed E-state index contributed by atoms with van der Waals surface area (Å²) in [5, 5.41) is 10.3. The zero-order chi connectivity index (χ0) is 20.5. The van der Waals surface area contributed by atoms with Crippen LogP contribution in [-0.2, 0) is 17.7 Å².